The van der Waals surface area contributed by atoms with E-state index in [1.807, 2.05) is 17.5 Å². The van der Waals surface area contributed by atoms with Crippen LogP contribution in [0.25, 0.3) is 0 Å². The number of benzene rings is 1. The summed E-state index contributed by atoms with van der Waals surface area (Å²) in [7, 11) is 0. The van der Waals surface area contributed by atoms with Crippen molar-refractivity contribution >= 4 is 34.7 Å². The maximum Gasteiger partial charge on any atom is 0.257 e. The third kappa shape index (κ3) is 3.52. The standard InChI is InChI=1S/C23H21N3O2S2/c1-13-7-9-14(10-8-13)12-30-23-25-21-20(22(28)26-23)19(17-6-3-11-29-17)18-15(24-21)4-2-5-16(18)27/h3,6-11,19H,2,4-5,12H2,1H3,(H2,24,25,26,28)/t19-/m1/s1. The van der Waals surface area contributed by atoms with Crippen LogP contribution in [0.4, 0.5) is 5.82 Å². The van der Waals surface area contributed by atoms with E-state index in [2.05, 4.69) is 41.5 Å². The van der Waals surface area contributed by atoms with E-state index in [9.17, 15) is 9.59 Å². The first-order valence-electron chi connectivity index (χ1n) is 9.99. The zero-order valence-electron chi connectivity index (χ0n) is 16.5. The number of carbonyl (C=O) groups excluding carboxylic acids is 1. The Morgan fingerprint density at radius 1 is 1.17 bits per heavy atom. The molecule has 5 nitrogen and oxygen atoms in total. The summed E-state index contributed by atoms with van der Waals surface area (Å²) >= 11 is 3.08. The van der Waals surface area contributed by atoms with E-state index in [0.717, 1.165) is 34.7 Å². The highest BCUT2D eigenvalue weighted by Gasteiger charge is 2.38. The smallest absolute Gasteiger partial charge is 0.257 e. The summed E-state index contributed by atoms with van der Waals surface area (Å²) in [4.78, 5) is 34.6. The number of ketones is 1. The molecule has 3 aromatic rings. The van der Waals surface area contributed by atoms with Gasteiger partial charge in [-0.15, -0.1) is 11.3 Å². The van der Waals surface area contributed by atoms with Gasteiger partial charge in [0, 0.05) is 28.3 Å². The number of aryl methyl sites for hydroxylation is 1. The Hall–Kier alpha value is -2.64. The maximum atomic E-state index is 13.1. The molecule has 30 heavy (non-hydrogen) atoms. The van der Waals surface area contributed by atoms with Crippen LogP contribution in [0.15, 0.2) is 63.0 Å². The van der Waals surface area contributed by atoms with Gasteiger partial charge in [-0.1, -0.05) is 47.7 Å². The molecule has 0 amide bonds. The number of anilines is 1. The van der Waals surface area contributed by atoms with Crippen LogP contribution in [-0.4, -0.2) is 15.8 Å². The van der Waals surface area contributed by atoms with Crippen molar-refractivity contribution in [2.45, 2.75) is 43.0 Å². The van der Waals surface area contributed by atoms with Crippen molar-refractivity contribution in [3.63, 3.8) is 0 Å². The molecule has 0 radical (unpaired) electrons. The van der Waals surface area contributed by atoms with Crippen LogP contribution in [-0.2, 0) is 10.5 Å². The summed E-state index contributed by atoms with van der Waals surface area (Å²) < 4.78 is 0. The number of aromatic amines is 1. The van der Waals surface area contributed by atoms with E-state index < -0.39 is 0 Å². The Balaban J connectivity index is 1.53. The lowest BCUT2D eigenvalue weighted by Gasteiger charge is -2.32. The summed E-state index contributed by atoms with van der Waals surface area (Å²) in [6.45, 7) is 2.06. The van der Waals surface area contributed by atoms with Crippen molar-refractivity contribution in [1.29, 1.82) is 0 Å². The molecule has 2 aromatic heterocycles. The minimum Gasteiger partial charge on any atom is -0.343 e. The summed E-state index contributed by atoms with van der Waals surface area (Å²) in [5.74, 6) is 1.10. The molecule has 0 fully saturated rings. The number of nitrogens with zero attached hydrogens (tertiary/aromatic N) is 1. The van der Waals surface area contributed by atoms with Gasteiger partial charge in [-0.25, -0.2) is 4.98 Å². The van der Waals surface area contributed by atoms with E-state index in [-0.39, 0.29) is 17.3 Å². The molecule has 2 N–H and O–H groups in total. The quantitative estimate of drug-likeness (QED) is 0.446. The molecule has 1 aliphatic heterocycles. The van der Waals surface area contributed by atoms with E-state index in [0.29, 0.717) is 23.0 Å². The number of Topliss-reactive ketones (excluding diaryl/α,β-unsaturated/α-hetero) is 1. The Kier molecular flexibility index (Phi) is 5.08. The number of nitrogens with one attached hydrogen (secondary N) is 2. The molecule has 152 valence electrons. The van der Waals surface area contributed by atoms with Crippen molar-refractivity contribution in [2.75, 3.05) is 5.32 Å². The van der Waals surface area contributed by atoms with Crippen molar-refractivity contribution in [3.8, 4) is 0 Å². The van der Waals surface area contributed by atoms with Gasteiger partial charge >= 0.3 is 0 Å². The molecule has 0 bridgehead atoms. The normalized spacial score (nSPS) is 18.0. The fourth-order valence-corrected chi connectivity index (χ4v) is 5.74. The summed E-state index contributed by atoms with van der Waals surface area (Å²) in [5.41, 5.74) is 4.43. The molecular weight excluding hydrogens is 414 g/mol. The van der Waals surface area contributed by atoms with Gasteiger partial charge in [0.2, 0.25) is 0 Å². The first-order chi connectivity index (χ1) is 14.6. The van der Waals surface area contributed by atoms with Gasteiger partial charge in [-0.05, 0) is 36.8 Å². The van der Waals surface area contributed by atoms with Crippen molar-refractivity contribution in [2.24, 2.45) is 0 Å². The minimum atomic E-state index is -0.337. The zero-order valence-corrected chi connectivity index (χ0v) is 18.2. The van der Waals surface area contributed by atoms with Crippen LogP contribution in [0, 0.1) is 6.92 Å². The fourth-order valence-electron chi connectivity index (χ4n) is 4.08. The summed E-state index contributed by atoms with van der Waals surface area (Å²) in [6.07, 6.45) is 2.17. The van der Waals surface area contributed by atoms with Gasteiger partial charge < -0.3 is 10.3 Å². The summed E-state index contributed by atoms with van der Waals surface area (Å²) in [5, 5.41) is 5.90. The van der Waals surface area contributed by atoms with Crippen LogP contribution < -0.4 is 10.9 Å². The molecule has 1 atom stereocenters. The number of H-pyrrole nitrogens is 1. The first kappa shape index (κ1) is 19.3. The third-order valence-electron chi connectivity index (χ3n) is 5.56. The Bertz CT molecular complexity index is 1190. The SMILES string of the molecule is Cc1ccc(CSc2nc3c(c(=O)[nH]2)[C@H](c2cccs2)C2=C(CCCC2=O)N3)cc1. The highest BCUT2D eigenvalue weighted by molar-refractivity contribution is 7.98. The first-order valence-corrected chi connectivity index (χ1v) is 11.9. The topological polar surface area (TPSA) is 74.8 Å². The Labute approximate surface area is 182 Å². The Morgan fingerprint density at radius 3 is 2.77 bits per heavy atom. The molecule has 5 rings (SSSR count). The molecule has 2 aliphatic rings. The van der Waals surface area contributed by atoms with Crippen LogP contribution >= 0.6 is 23.1 Å². The van der Waals surface area contributed by atoms with E-state index in [1.54, 1.807) is 11.3 Å². The zero-order chi connectivity index (χ0) is 20.7. The number of hydrogen-bond donors (Lipinski definition) is 2. The van der Waals surface area contributed by atoms with Gasteiger partial charge in [-0.2, -0.15) is 0 Å². The van der Waals surface area contributed by atoms with Gasteiger partial charge in [0.15, 0.2) is 10.9 Å². The number of rotatable bonds is 4. The minimum absolute atomic E-state index is 0.130. The predicted octanol–water partition coefficient (Wildman–Crippen LogP) is 5.00. The number of fused-ring (bicyclic) bond motifs is 1. The monoisotopic (exact) mass is 435 g/mol. The lowest BCUT2D eigenvalue weighted by Crippen LogP contribution is -2.32. The fraction of sp³-hybridized carbons (Fsp3) is 0.261. The molecule has 0 unspecified atom stereocenters. The largest absolute Gasteiger partial charge is 0.343 e. The van der Waals surface area contributed by atoms with Gasteiger partial charge in [0.25, 0.3) is 5.56 Å². The highest BCUT2D eigenvalue weighted by Crippen LogP contribution is 2.44. The number of carbonyl (C=O) groups is 1. The predicted molar refractivity (Wildman–Crippen MR) is 121 cm³/mol. The van der Waals surface area contributed by atoms with Crippen LogP contribution in [0.2, 0.25) is 0 Å². The average Bonchev–Trinajstić information content (AvgIpc) is 3.27. The van der Waals surface area contributed by atoms with Gasteiger partial charge in [0.1, 0.15) is 5.82 Å². The van der Waals surface area contributed by atoms with E-state index >= 15 is 0 Å². The third-order valence-corrected chi connectivity index (χ3v) is 7.44. The Morgan fingerprint density at radius 2 is 2.00 bits per heavy atom. The highest BCUT2D eigenvalue weighted by atomic mass is 32.2. The van der Waals surface area contributed by atoms with Crippen LogP contribution in [0.3, 0.4) is 0 Å². The number of hydrogen-bond acceptors (Lipinski definition) is 6. The maximum absolute atomic E-state index is 13.1. The molecular formula is C23H21N3O2S2. The second-order valence-electron chi connectivity index (χ2n) is 7.65. The van der Waals surface area contributed by atoms with Crippen molar-refractivity contribution in [3.05, 3.63) is 85.0 Å². The molecule has 0 spiro atoms. The molecule has 1 aliphatic carbocycles. The molecule has 1 aromatic carbocycles. The average molecular weight is 436 g/mol. The molecule has 0 saturated heterocycles. The van der Waals surface area contributed by atoms with Gasteiger partial charge in [-0.3, -0.25) is 9.59 Å². The lowest BCUT2D eigenvalue weighted by molar-refractivity contribution is -0.116. The van der Waals surface area contributed by atoms with Crippen molar-refractivity contribution < 1.29 is 4.79 Å². The second kappa shape index (κ2) is 7.89. The van der Waals surface area contributed by atoms with E-state index in [1.165, 1.54) is 22.9 Å². The van der Waals surface area contributed by atoms with Gasteiger partial charge in [0.05, 0.1) is 11.5 Å². The number of thioether (sulfide) groups is 1. The summed E-state index contributed by atoms with van der Waals surface area (Å²) in [6, 6.07) is 12.3. The van der Waals surface area contributed by atoms with Crippen LogP contribution in [0.5, 0.6) is 0 Å². The second-order valence-corrected chi connectivity index (χ2v) is 9.59. The van der Waals surface area contributed by atoms with E-state index in [4.69, 9.17) is 4.98 Å². The number of aromatic nitrogens is 2. The number of thiophene rings is 1. The van der Waals surface area contributed by atoms with Crippen molar-refractivity contribution in [1.82, 2.24) is 9.97 Å². The lowest BCUT2D eigenvalue weighted by atomic mass is 9.79. The molecule has 7 heteroatoms. The molecule has 0 saturated carbocycles. The van der Waals surface area contributed by atoms with Crippen LogP contribution in [0.1, 0.15) is 46.7 Å². The number of allylic oxidation sites excluding steroid dienone is 2. The molecule has 3 heterocycles.